The van der Waals surface area contributed by atoms with Gasteiger partial charge in [-0.25, -0.2) is 0 Å². The lowest BCUT2D eigenvalue weighted by Gasteiger charge is -2.37. The summed E-state index contributed by atoms with van der Waals surface area (Å²) >= 11 is 0. The van der Waals surface area contributed by atoms with Gasteiger partial charge in [-0.2, -0.15) is 0 Å². The van der Waals surface area contributed by atoms with Gasteiger partial charge in [-0.05, 0) is 55.2 Å². The molecule has 0 aromatic heterocycles. The predicted octanol–water partition coefficient (Wildman–Crippen LogP) is 5.26. The number of piperidine rings is 1. The lowest BCUT2D eigenvalue weighted by Crippen LogP contribution is -2.44. The van der Waals surface area contributed by atoms with Crippen molar-refractivity contribution in [2.45, 2.75) is 78.2 Å². The summed E-state index contributed by atoms with van der Waals surface area (Å²) in [5, 5.41) is 0. The van der Waals surface area contributed by atoms with Gasteiger partial charge in [0.15, 0.2) is 0 Å². The standard InChI is InChI=1S/C27H38N2O3/c1-4-15-32-23-13-11-21(12-14-23)24-25(28-17-19(2)16-20(3)18-28)27(31)29(26(24)30)22-9-7-5-6-8-10-22/h11-14,19-20,22H,4-10,15-18H2,1-3H3. The molecule has 32 heavy (non-hydrogen) atoms. The molecule has 3 aliphatic rings. The highest BCUT2D eigenvalue weighted by Crippen LogP contribution is 2.38. The van der Waals surface area contributed by atoms with E-state index in [2.05, 4.69) is 25.7 Å². The molecule has 174 valence electrons. The summed E-state index contributed by atoms with van der Waals surface area (Å²) < 4.78 is 5.73. The molecule has 2 fully saturated rings. The summed E-state index contributed by atoms with van der Waals surface area (Å²) in [4.78, 5) is 31.4. The van der Waals surface area contributed by atoms with Crippen LogP contribution in [0.3, 0.4) is 0 Å². The average Bonchev–Trinajstić information content (AvgIpc) is 2.92. The van der Waals surface area contributed by atoms with E-state index >= 15 is 0 Å². The Hall–Kier alpha value is -2.30. The Morgan fingerprint density at radius 2 is 1.53 bits per heavy atom. The third-order valence-corrected chi connectivity index (χ3v) is 7.08. The van der Waals surface area contributed by atoms with Crippen molar-refractivity contribution in [2.75, 3.05) is 19.7 Å². The van der Waals surface area contributed by atoms with Crippen molar-refractivity contribution in [1.82, 2.24) is 9.80 Å². The second-order valence-electron chi connectivity index (χ2n) is 10.1. The first-order valence-corrected chi connectivity index (χ1v) is 12.6. The molecule has 2 amide bonds. The Labute approximate surface area is 192 Å². The number of imide groups is 1. The molecule has 1 saturated carbocycles. The fourth-order valence-corrected chi connectivity index (χ4v) is 5.72. The molecule has 1 aromatic rings. The number of nitrogens with zero attached hydrogens (tertiary/aromatic N) is 2. The second-order valence-corrected chi connectivity index (χ2v) is 10.1. The van der Waals surface area contributed by atoms with Crippen LogP contribution in [0.1, 0.15) is 77.7 Å². The molecule has 2 atom stereocenters. The predicted molar refractivity (Wildman–Crippen MR) is 127 cm³/mol. The lowest BCUT2D eigenvalue weighted by molar-refractivity contribution is -0.140. The minimum absolute atomic E-state index is 0.0248. The zero-order chi connectivity index (χ0) is 22.7. The van der Waals surface area contributed by atoms with E-state index in [1.807, 2.05) is 24.3 Å². The van der Waals surface area contributed by atoms with Crippen LogP contribution in [0.4, 0.5) is 0 Å². The summed E-state index contributed by atoms with van der Waals surface area (Å²) in [6, 6.07) is 7.75. The van der Waals surface area contributed by atoms with Gasteiger partial charge in [-0.3, -0.25) is 14.5 Å². The highest BCUT2D eigenvalue weighted by molar-refractivity contribution is 6.35. The largest absolute Gasteiger partial charge is 0.494 e. The molecule has 2 aliphatic heterocycles. The van der Waals surface area contributed by atoms with Crippen molar-refractivity contribution in [2.24, 2.45) is 11.8 Å². The SMILES string of the molecule is CCCOc1ccc(C2=C(N3CC(C)CC(C)C3)C(=O)N(C3CCCCCC3)C2=O)cc1. The van der Waals surface area contributed by atoms with Gasteiger partial charge >= 0.3 is 0 Å². The Kier molecular flexibility index (Phi) is 7.22. The number of ether oxygens (including phenoxy) is 1. The molecule has 2 unspecified atom stereocenters. The maximum absolute atomic E-state index is 13.8. The smallest absolute Gasteiger partial charge is 0.278 e. The van der Waals surface area contributed by atoms with E-state index in [4.69, 9.17) is 4.74 Å². The first-order valence-electron chi connectivity index (χ1n) is 12.6. The van der Waals surface area contributed by atoms with Crippen LogP contribution >= 0.6 is 0 Å². The average molecular weight is 439 g/mol. The first-order chi connectivity index (χ1) is 15.5. The van der Waals surface area contributed by atoms with E-state index < -0.39 is 0 Å². The molecule has 0 bridgehead atoms. The number of hydrogen-bond acceptors (Lipinski definition) is 4. The van der Waals surface area contributed by atoms with Gasteiger partial charge in [-0.15, -0.1) is 0 Å². The number of carbonyl (C=O) groups excluding carboxylic acids is 2. The molecule has 1 saturated heterocycles. The van der Waals surface area contributed by atoms with Crippen LogP contribution in [0.2, 0.25) is 0 Å². The zero-order valence-corrected chi connectivity index (χ0v) is 19.9. The van der Waals surface area contributed by atoms with Crippen molar-refractivity contribution in [3.05, 3.63) is 35.5 Å². The summed E-state index contributed by atoms with van der Waals surface area (Å²) in [5.41, 5.74) is 2.03. The molecule has 0 radical (unpaired) electrons. The molecule has 0 N–H and O–H groups in total. The second kappa shape index (κ2) is 10.1. The molecule has 5 nitrogen and oxygen atoms in total. The van der Waals surface area contributed by atoms with Gasteiger partial charge in [0.25, 0.3) is 11.8 Å². The van der Waals surface area contributed by atoms with Crippen molar-refractivity contribution in [1.29, 1.82) is 0 Å². The summed E-state index contributed by atoms with van der Waals surface area (Å²) in [6.45, 7) is 8.90. The van der Waals surface area contributed by atoms with E-state index in [1.165, 1.54) is 12.8 Å². The van der Waals surface area contributed by atoms with E-state index in [9.17, 15) is 9.59 Å². The maximum Gasteiger partial charge on any atom is 0.278 e. The highest BCUT2D eigenvalue weighted by Gasteiger charge is 2.45. The van der Waals surface area contributed by atoms with Gasteiger partial charge in [0.1, 0.15) is 11.4 Å². The van der Waals surface area contributed by atoms with Crippen molar-refractivity contribution >= 4 is 17.4 Å². The molecule has 5 heteroatoms. The summed E-state index contributed by atoms with van der Waals surface area (Å²) in [6.07, 6.45) is 8.54. The number of amides is 2. The summed E-state index contributed by atoms with van der Waals surface area (Å²) in [7, 11) is 0. The monoisotopic (exact) mass is 438 g/mol. The van der Waals surface area contributed by atoms with Crippen molar-refractivity contribution in [3.8, 4) is 5.75 Å². The quantitative estimate of drug-likeness (QED) is 0.449. The van der Waals surface area contributed by atoms with Crippen LogP contribution in [-0.2, 0) is 9.59 Å². The van der Waals surface area contributed by atoms with Gasteiger partial charge in [0.2, 0.25) is 0 Å². The van der Waals surface area contributed by atoms with E-state index in [1.54, 1.807) is 4.90 Å². The molecular weight excluding hydrogens is 400 g/mol. The Bertz CT molecular complexity index is 842. The van der Waals surface area contributed by atoms with Gasteiger partial charge in [0.05, 0.1) is 12.2 Å². The summed E-state index contributed by atoms with van der Waals surface area (Å²) in [5.74, 6) is 1.63. The fraction of sp³-hybridized carbons (Fsp3) is 0.630. The number of benzene rings is 1. The first kappa shape index (κ1) is 22.9. The zero-order valence-electron chi connectivity index (χ0n) is 19.9. The Balaban J connectivity index is 1.70. The molecule has 1 aromatic carbocycles. The van der Waals surface area contributed by atoms with Crippen LogP contribution in [0.15, 0.2) is 30.0 Å². The molecule has 4 rings (SSSR count). The minimum atomic E-state index is -0.106. The van der Waals surface area contributed by atoms with Crippen LogP contribution in [0.25, 0.3) is 5.57 Å². The van der Waals surface area contributed by atoms with Gasteiger partial charge in [0, 0.05) is 19.1 Å². The van der Waals surface area contributed by atoms with Crippen molar-refractivity contribution < 1.29 is 14.3 Å². The van der Waals surface area contributed by atoms with Crippen molar-refractivity contribution in [3.63, 3.8) is 0 Å². The lowest BCUT2D eigenvalue weighted by atomic mass is 9.91. The van der Waals surface area contributed by atoms with Gasteiger partial charge in [-0.1, -0.05) is 58.6 Å². The van der Waals surface area contributed by atoms with E-state index in [0.29, 0.717) is 29.7 Å². The van der Waals surface area contributed by atoms with Crippen LogP contribution in [-0.4, -0.2) is 47.4 Å². The Morgan fingerprint density at radius 1 is 0.906 bits per heavy atom. The molecule has 0 spiro atoms. The molecular formula is C27H38N2O3. The normalized spacial score (nSPS) is 25.5. The fourth-order valence-electron chi connectivity index (χ4n) is 5.72. The topological polar surface area (TPSA) is 49.9 Å². The van der Waals surface area contributed by atoms with Crippen LogP contribution in [0.5, 0.6) is 5.75 Å². The van der Waals surface area contributed by atoms with Gasteiger partial charge < -0.3 is 9.64 Å². The minimum Gasteiger partial charge on any atom is -0.494 e. The highest BCUT2D eigenvalue weighted by atomic mass is 16.5. The number of rotatable bonds is 6. The van der Waals surface area contributed by atoms with E-state index in [-0.39, 0.29) is 17.9 Å². The Morgan fingerprint density at radius 3 is 2.12 bits per heavy atom. The molecule has 1 aliphatic carbocycles. The number of hydrogen-bond donors (Lipinski definition) is 0. The van der Waals surface area contributed by atoms with Crippen LogP contribution < -0.4 is 4.74 Å². The number of likely N-dealkylation sites (tertiary alicyclic amines) is 1. The molecule has 2 heterocycles. The third kappa shape index (κ3) is 4.72. The third-order valence-electron chi connectivity index (χ3n) is 7.08. The van der Waals surface area contributed by atoms with E-state index in [0.717, 1.165) is 62.9 Å². The maximum atomic E-state index is 13.8. The number of carbonyl (C=O) groups is 2. The van der Waals surface area contributed by atoms with Crippen LogP contribution in [0, 0.1) is 11.8 Å².